The van der Waals surface area contributed by atoms with E-state index in [4.69, 9.17) is 5.73 Å². The van der Waals surface area contributed by atoms with Crippen LogP contribution in [0.1, 0.15) is 19.3 Å². The van der Waals surface area contributed by atoms with Gasteiger partial charge >= 0.3 is 0 Å². The Kier molecular flexibility index (Phi) is 2.91. The van der Waals surface area contributed by atoms with Crippen LogP contribution in [0.2, 0.25) is 0 Å². The summed E-state index contributed by atoms with van der Waals surface area (Å²) in [6.07, 6.45) is 3.45. The zero-order valence-electron chi connectivity index (χ0n) is 10.3. The molecule has 3 saturated heterocycles. The molecular weight excluding hydrogens is 228 g/mol. The van der Waals surface area contributed by atoms with Crippen molar-refractivity contribution in [1.29, 1.82) is 0 Å². The number of hydrogen-bond acceptors (Lipinski definition) is 4. The van der Waals surface area contributed by atoms with Crippen molar-refractivity contribution in [2.45, 2.75) is 25.3 Å². The van der Waals surface area contributed by atoms with Crippen LogP contribution in [-0.2, 0) is 4.79 Å². The van der Waals surface area contributed by atoms with E-state index < -0.39 is 0 Å². The zero-order chi connectivity index (χ0) is 12.5. The zero-order valence-corrected chi connectivity index (χ0v) is 10.3. The molecule has 4 rings (SSSR count). The maximum absolute atomic E-state index is 12.2. The molecule has 5 nitrogen and oxygen atoms in total. The van der Waals surface area contributed by atoms with Crippen LogP contribution in [-0.4, -0.2) is 34.9 Å². The highest BCUT2D eigenvalue weighted by atomic mass is 16.2. The fraction of sp³-hybridized carbons (Fsp3) is 0.538. The van der Waals surface area contributed by atoms with Crippen LogP contribution in [0.25, 0.3) is 0 Å². The largest absolute Gasteiger partial charge is 0.384 e. The summed E-state index contributed by atoms with van der Waals surface area (Å²) in [6, 6.07) is 5.29. The summed E-state index contributed by atoms with van der Waals surface area (Å²) in [5, 5.41) is 2.87. The number of piperidine rings is 3. The van der Waals surface area contributed by atoms with Gasteiger partial charge < -0.3 is 11.1 Å². The number of nitrogens with two attached hydrogens (primary N) is 1. The molecule has 1 amide bonds. The SMILES string of the molecule is Nc1cccc(NC(=O)C2CC3CCN2CC3)n1. The van der Waals surface area contributed by atoms with Gasteiger partial charge in [0.15, 0.2) is 0 Å². The minimum absolute atomic E-state index is 0.0146. The van der Waals surface area contributed by atoms with Gasteiger partial charge in [0.25, 0.3) is 0 Å². The van der Waals surface area contributed by atoms with Crippen molar-refractivity contribution in [2.75, 3.05) is 24.1 Å². The predicted octanol–water partition coefficient (Wildman–Crippen LogP) is 1.09. The van der Waals surface area contributed by atoms with Crippen molar-refractivity contribution in [1.82, 2.24) is 9.88 Å². The van der Waals surface area contributed by atoms with Crippen LogP contribution in [0, 0.1) is 5.92 Å². The maximum atomic E-state index is 12.2. The Labute approximate surface area is 106 Å². The molecule has 4 heterocycles. The first kappa shape index (κ1) is 11.5. The Morgan fingerprint density at radius 2 is 2.17 bits per heavy atom. The van der Waals surface area contributed by atoms with E-state index >= 15 is 0 Å². The topological polar surface area (TPSA) is 71.2 Å². The Morgan fingerprint density at radius 3 is 2.78 bits per heavy atom. The molecule has 3 N–H and O–H groups in total. The molecular formula is C13H18N4O. The number of nitrogen functional groups attached to an aromatic ring is 1. The molecule has 0 aromatic carbocycles. The Bertz CT molecular complexity index is 454. The van der Waals surface area contributed by atoms with Gasteiger partial charge in [-0.3, -0.25) is 9.69 Å². The maximum Gasteiger partial charge on any atom is 0.242 e. The standard InChI is InChI=1S/C13H18N4O/c14-11-2-1-3-12(15-11)16-13(18)10-8-9-4-6-17(10)7-5-9/h1-3,9-10H,4-8H2,(H3,14,15,16,18). The molecule has 2 bridgehead atoms. The third-order valence-electron chi connectivity index (χ3n) is 3.97. The first-order valence-electron chi connectivity index (χ1n) is 6.50. The number of hydrogen-bond donors (Lipinski definition) is 2. The average Bonchev–Trinajstić information content (AvgIpc) is 2.40. The van der Waals surface area contributed by atoms with Gasteiger partial charge in [0.1, 0.15) is 11.6 Å². The van der Waals surface area contributed by atoms with Crippen molar-refractivity contribution in [3.8, 4) is 0 Å². The van der Waals surface area contributed by atoms with Crippen LogP contribution >= 0.6 is 0 Å². The summed E-state index contributed by atoms with van der Waals surface area (Å²) >= 11 is 0. The second kappa shape index (κ2) is 4.57. The van der Waals surface area contributed by atoms with E-state index in [1.807, 2.05) is 0 Å². The molecule has 0 saturated carbocycles. The highest BCUT2D eigenvalue weighted by Crippen LogP contribution is 2.32. The quantitative estimate of drug-likeness (QED) is 0.819. The summed E-state index contributed by atoms with van der Waals surface area (Å²) in [5.74, 6) is 1.75. The molecule has 1 aromatic heterocycles. The molecule has 96 valence electrons. The molecule has 1 aromatic rings. The van der Waals surface area contributed by atoms with Crippen molar-refractivity contribution in [3.63, 3.8) is 0 Å². The molecule has 0 radical (unpaired) electrons. The van der Waals surface area contributed by atoms with Gasteiger partial charge in [0, 0.05) is 0 Å². The lowest BCUT2D eigenvalue weighted by Gasteiger charge is -2.44. The number of aromatic nitrogens is 1. The summed E-state index contributed by atoms with van der Waals surface area (Å²) in [6.45, 7) is 2.10. The van der Waals surface area contributed by atoms with Gasteiger partial charge in [-0.2, -0.15) is 0 Å². The van der Waals surface area contributed by atoms with Crippen LogP contribution in [0.5, 0.6) is 0 Å². The third-order valence-corrected chi connectivity index (χ3v) is 3.97. The molecule has 0 aliphatic carbocycles. The molecule has 3 aliphatic rings. The Hall–Kier alpha value is -1.62. The van der Waals surface area contributed by atoms with Crippen LogP contribution < -0.4 is 11.1 Å². The summed E-state index contributed by atoms with van der Waals surface area (Å²) in [5.41, 5.74) is 5.60. The highest BCUT2D eigenvalue weighted by Gasteiger charge is 2.37. The molecule has 18 heavy (non-hydrogen) atoms. The summed E-state index contributed by atoms with van der Waals surface area (Å²) in [4.78, 5) is 18.6. The number of fused-ring (bicyclic) bond motifs is 3. The molecule has 1 unspecified atom stereocenters. The average molecular weight is 246 g/mol. The van der Waals surface area contributed by atoms with Crippen molar-refractivity contribution in [3.05, 3.63) is 18.2 Å². The Morgan fingerprint density at radius 1 is 1.39 bits per heavy atom. The number of carbonyl (C=O) groups excluding carboxylic acids is 1. The minimum Gasteiger partial charge on any atom is -0.384 e. The lowest BCUT2D eigenvalue weighted by molar-refractivity contribution is -0.125. The highest BCUT2D eigenvalue weighted by molar-refractivity contribution is 5.94. The second-order valence-corrected chi connectivity index (χ2v) is 5.17. The van der Waals surface area contributed by atoms with Crippen LogP contribution in [0.3, 0.4) is 0 Å². The van der Waals surface area contributed by atoms with E-state index in [1.165, 1.54) is 12.8 Å². The van der Waals surface area contributed by atoms with Crippen LogP contribution in [0.4, 0.5) is 11.6 Å². The molecule has 3 fully saturated rings. The number of anilines is 2. The van der Waals surface area contributed by atoms with E-state index in [-0.39, 0.29) is 11.9 Å². The van der Waals surface area contributed by atoms with Gasteiger partial charge in [-0.1, -0.05) is 6.07 Å². The molecule has 1 atom stereocenters. The second-order valence-electron chi connectivity index (χ2n) is 5.17. The summed E-state index contributed by atoms with van der Waals surface area (Å²) < 4.78 is 0. The van der Waals surface area contributed by atoms with Crippen molar-refractivity contribution >= 4 is 17.5 Å². The van der Waals surface area contributed by atoms with Gasteiger partial charge in [-0.05, 0) is 50.4 Å². The van der Waals surface area contributed by atoms with E-state index in [0.29, 0.717) is 11.6 Å². The minimum atomic E-state index is 0.0146. The lowest BCUT2D eigenvalue weighted by Crippen LogP contribution is -2.53. The fourth-order valence-corrected chi connectivity index (χ4v) is 2.97. The number of amides is 1. The number of nitrogens with zero attached hydrogens (tertiary/aromatic N) is 2. The van der Waals surface area contributed by atoms with E-state index in [0.717, 1.165) is 25.4 Å². The number of nitrogens with one attached hydrogen (secondary N) is 1. The first-order chi connectivity index (χ1) is 8.72. The fourth-order valence-electron chi connectivity index (χ4n) is 2.97. The van der Waals surface area contributed by atoms with Crippen molar-refractivity contribution < 1.29 is 4.79 Å². The first-order valence-corrected chi connectivity index (χ1v) is 6.50. The van der Waals surface area contributed by atoms with E-state index in [1.54, 1.807) is 18.2 Å². The number of rotatable bonds is 2. The summed E-state index contributed by atoms with van der Waals surface area (Å²) in [7, 11) is 0. The molecule has 0 spiro atoms. The molecule has 5 heteroatoms. The van der Waals surface area contributed by atoms with Crippen LogP contribution in [0.15, 0.2) is 18.2 Å². The van der Waals surface area contributed by atoms with Gasteiger partial charge in [0.05, 0.1) is 6.04 Å². The van der Waals surface area contributed by atoms with E-state index in [2.05, 4.69) is 15.2 Å². The third kappa shape index (κ3) is 2.18. The smallest absolute Gasteiger partial charge is 0.242 e. The number of carbonyl (C=O) groups is 1. The normalized spacial score (nSPS) is 30.1. The van der Waals surface area contributed by atoms with Gasteiger partial charge in [-0.25, -0.2) is 4.98 Å². The van der Waals surface area contributed by atoms with Gasteiger partial charge in [-0.15, -0.1) is 0 Å². The van der Waals surface area contributed by atoms with E-state index in [9.17, 15) is 4.79 Å². The Balaban J connectivity index is 1.68. The van der Waals surface area contributed by atoms with Gasteiger partial charge in [0.2, 0.25) is 5.91 Å². The number of pyridine rings is 1. The lowest BCUT2D eigenvalue weighted by atomic mass is 9.83. The predicted molar refractivity (Wildman–Crippen MR) is 70.0 cm³/mol. The molecule has 3 aliphatic heterocycles. The monoisotopic (exact) mass is 246 g/mol. The van der Waals surface area contributed by atoms with Crippen molar-refractivity contribution in [2.24, 2.45) is 5.92 Å².